The van der Waals surface area contributed by atoms with Gasteiger partial charge in [-0.2, -0.15) is 0 Å². The Labute approximate surface area is 167 Å². The highest BCUT2D eigenvalue weighted by atomic mass is 32.2. The molecule has 152 valence electrons. The first-order valence-corrected chi connectivity index (χ1v) is 17.3. The van der Waals surface area contributed by atoms with Gasteiger partial charge in [0.15, 0.2) is 22.4 Å². The largest absolute Gasteiger partial charge is 0.418 e. The number of thioether (sulfide) groups is 1. The zero-order chi connectivity index (χ0) is 20.0. The van der Waals surface area contributed by atoms with Crippen LogP contribution in [0.2, 0.25) is 37.8 Å². The number of ketones is 1. The Hall–Kier alpha value is 0.114. The van der Waals surface area contributed by atoms with Crippen LogP contribution in [0.3, 0.4) is 0 Å². The Morgan fingerprint density at radius 1 is 1.08 bits per heavy atom. The van der Waals surface area contributed by atoms with Crippen molar-refractivity contribution in [3.8, 4) is 0 Å². The van der Waals surface area contributed by atoms with Crippen molar-refractivity contribution < 1.29 is 13.6 Å². The molecule has 0 saturated carbocycles. The second-order valence-electron chi connectivity index (χ2n) is 9.80. The van der Waals surface area contributed by atoms with Gasteiger partial charge in [-0.05, 0) is 62.4 Å². The molecule has 1 atom stereocenters. The Morgan fingerprint density at radius 2 is 1.69 bits per heavy atom. The van der Waals surface area contributed by atoms with Crippen molar-refractivity contribution in [2.45, 2.75) is 96.8 Å². The van der Waals surface area contributed by atoms with Gasteiger partial charge in [-0.3, -0.25) is 4.79 Å². The van der Waals surface area contributed by atoms with Crippen LogP contribution in [0.25, 0.3) is 0 Å². The SMILES string of the molecule is CC(C)(C)[Si](C)(C)OC1C=C(SCCCCCCO[Si](C)(C)C)C(=O)C1. The summed E-state index contributed by atoms with van der Waals surface area (Å²) < 4.78 is 12.3. The highest BCUT2D eigenvalue weighted by molar-refractivity contribution is 8.04. The summed E-state index contributed by atoms with van der Waals surface area (Å²) in [5.74, 6) is 1.29. The van der Waals surface area contributed by atoms with Crippen LogP contribution in [0.15, 0.2) is 11.0 Å². The van der Waals surface area contributed by atoms with Gasteiger partial charge in [0.05, 0.1) is 6.10 Å². The molecule has 1 rings (SSSR count). The Balaban J connectivity index is 2.25. The average Bonchev–Trinajstić information content (AvgIpc) is 2.78. The molecule has 0 radical (unpaired) electrons. The monoisotopic (exact) mass is 416 g/mol. The summed E-state index contributed by atoms with van der Waals surface area (Å²) in [4.78, 5) is 13.2. The molecule has 0 aromatic heterocycles. The zero-order valence-electron chi connectivity index (χ0n) is 18.2. The van der Waals surface area contributed by atoms with Crippen molar-refractivity contribution in [3.05, 3.63) is 11.0 Å². The van der Waals surface area contributed by atoms with E-state index < -0.39 is 16.6 Å². The average molecular weight is 417 g/mol. The quantitative estimate of drug-likeness (QED) is 0.289. The minimum absolute atomic E-state index is 0.00962. The molecule has 0 spiro atoms. The lowest BCUT2D eigenvalue weighted by molar-refractivity contribution is -0.115. The van der Waals surface area contributed by atoms with E-state index in [1.165, 1.54) is 12.8 Å². The standard InChI is InChI=1S/C20H40O3SSi2/c1-20(2,3)26(7,8)23-17-15-18(21)19(16-17)24-14-12-10-9-11-13-22-25(4,5)6/h16-17H,9-15H2,1-8H3. The van der Waals surface area contributed by atoms with Crippen LogP contribution < -0.4 is 0 Å². The Kier molecular flexibility index (Phi) is 9.34. The summed E-state index contributed by atoms with van der Waals surface area (Å²) in [5, 5.41) is 0.180. The molecular formula is C20H40O3SSi2. The van der Waals surface area contributed by atoms with Crippen molar-refractivity contribution in [2.75, 3.05) is 12.4 Å². The van der Waals surface area contributed by atoms with Crippen LogP contribution in [0.1, 0.15) is 52.9 Å². The van der Waals surface area contributed by atoms with Crippen LogP contribution in [0.4, 0.5) is 0 Å². The smallest absolute Gasteiger partial charge is 0.192 e. The summed E-state index contributed by atoms with van der Waals surface area (Å²) in [6, 6.07) is 0. The van der Waals surface area contributed by atoms with E-state index in [9.17, 15) is 4.79 Å². The molecule has 0 fully saturated rings. The van der Waals surface area contributed by atoms with Crippen LogP contribution in [0.5, 0.6) is 0 Å². The topological polar surface area (TPSA) is 35.5 Å². The molecule has 0 heterocycles. The van der Waals surface area contributed by atoms with Crippen LogP contribution >= 0.6 is 11.8 Å². The Bertz CT molecular complexity index is 490. The van der Waals surface area contributed by atoms with Gasteiger partial charge < -0.3 is 8.85 Å². The van der Waals surface area contributed by atoms with Crippen LogP contribution in [-0.2, 0) is 13.6 Å². The number of allylic oxidation sites excluding steroid dienone is 1. The summed E-state index contributed by atoms with van der Waals surface area (Å²) in [6.07, 6.45) is 7.35. The highest BCUT2D eigenvalue weighted by Crippen LogP contribution is 2.39. The summed E-state index contributed by atoms with van der Waals surface area (Å²) in [7, 11) is -3.17. The predicted molar refractivity (Wildman–Crippen MR) is 120 cm³/mol. The first-order valence-electron chi connectivity index (χ1n) is 10.0. The van der Waals surface area contributed by atoms with E-state index in [0.29, 0.717) is 6.42 Å². The number of unbranched alkanes of at least 4 members (excludes halogenated alkanes) is 3. The van der Waals surface area contributed by atoms with Gasteiger partial charge in [-0.25, -0.2) is 0 Å². The van der Waals surface area contributed by atoms with E-state index in [2.05, 4.69) is 59.6 Å². The van der Waals surface area contributed by atoms with E-state index >= 15 is 0 Å². The van der Waals surface area contributed by atoms with Crippen molar-refractivity contribution in [1.82, 2.24) is 0 Å². The lowest BCUT2D eigenvalue weighted by atomic mass is 10.2. The minimum atomic E-state index is -1.81. The first-order chi connectivity index (χ1) is 11.8. The van der Waals surface area contributed by atoms with E-state index in [4.69, 9.17) is 8.85 Å². The maximum Gasteiger partial charge on any atom is 0.192 e. The zero-order valence-corrected chi connectivity index (χ0v) is 21.1. The molecule has 0 amide bonds. The van der Waals surface area contributed by atoms with Crippen LogP contribution in [-0.4, -0.2) is 40.9 Å². The maximum absolute atomic E-state index is 12.3. The summed E-state index contributed by atoms with van der Waals surface area (Å²) in [6.45, 7) is 18.8. The van der Waals surface area contributed by atoms with E-state index in [0.717, 1.165) is 30.1 Å². The number of carbonyl (C=O) groups excluding carboxylic acids is 1. The van der Waals surface area contributed by atoms with E-state index in [-0.39, 0.29) is 16.9 Å². The van der Waals surface area contributed by atoms with Gasteiger partial charge in [0.25, 0.3) is 0 Å². The normalized spacial score (nSPS) is 19.2. The van der Waals surface area contributed by atoms with Crippen LogP contribution in [0, 0.1) is 0 Å². The van der Waals surface area contributed by atoms with E-state index in [1.54, 1.807) is 11.8 Å². The highest BCUT2D eigenvalue weighted by Gasteiger charge is 2.40. The van der Waals surface area contributed by atoms with Gasteiger partial charge in [-0.15, -0.1) is 11.8 Å². The Morgan fingerprint density at radius 3 is 2.27 bits per heavy atom. The predicted octanol–water partition coefficient (Wildman–Crippen LogP) is 6.38. The number of Topliss-reactive ketones (excluding diaryl/α,β-unsaturated/α-hetero) is 1. The fourth-order valence-electron chi connectivity index (χ4n) is 2.48. The van der Waals surface area contributed by atoms with Gasteiger partial charge in [0.1, 0.15) is 0 Å². The maximum atomic E-state index is 12.3. The summed E-state index contributed by atoms with van der Waals surface area (Å²) in [5.41, 5.74) is 0. The molecule has 0 aromatic rings. The fourth-order valence-corrected chi connectivity index (χ4v) is 5.56. The third-order valence-corrected chi connectivity index (χ3v) is 11.8. The second-order valence-corrected chi connectivity index (χ2v) is 20.2. The minimum Gasteiger partial charge on any atom is -0.418 e. The van der Waals surface area contributed by atoms with Crippen molar-refractivity contribution >= 4 is 34.2 Å². The molecule has 0 N–H and O–H groups in total. The number of rotatable bonds is 11. The molecule has 0 aliphatic heterocycles. The third-order valence-electron chi connectivity index (χ3n) is 5.08. The van der Waals surface area contributed by atoms with Crippen molar-refractivity contribution in [2.24, 2.45) is 0 Å². The molecule has 0 saturated heterocycles. The lowest BCUT2D eigenvalue weighted by Gasteiger charge is -2.37. The third kappa shape index (κ3) is 8.87. The number of hydrogen-bond donors (Lipinski definition) is 0. The van der Waals surface area contributed by atoms with Crippen molar-refractivity contribution in [1.29, 1.82) is 0 Å². The number of carbonyl (C=O) groups is 1. The molecule has 6 heteroatoms. The van der Waals surface area contributed by atoms with Gasteiger partial charge in [-0.1, -0.05) is 33.6 Å². The molecule has 0 bridgehead atoms. The van der Waals surface area contributed by atoms with Crippen molar-refractivity contribution in [3.63, 3.8) is 0 Å². The molecule has 0 aromatic carbocycles. The molecule has 1 aliphatic rings. The molecule has 26 heavy (non-hydrogen) atoms. The second kappa shape index (κ2) is 10.1. The molecule has 1 aliphatic carbocycles. The number of hydrogen-bond acceptors (Lipinski definition) is 4. The van der Waals surface area contributed by atoms with Gasteiger partial charge in [0, 0.05) is 17.9 Å². The lowest BCUT2D eigenvalue weighted by Crippen LogP contribution is -2.43. The fraction of sp³-hybridized carbons (Fsp3) is 0.850. The van der Waals surface area contributed by atoms with E-state index in [1.807, 2.05) is 0 Å². The van der Waals surface area contributed by atoms with Gasteiger partial charge in [0.2, 0.25) is 0 Å². The van der Waals surface area contributed by atoms with Gasteiger partial charge >= 0.3 is 0 Å². The molecular weight excluding hydrogens is 376 g/mol. The summed E-state index contributed by atoms with van der Waals surface area (Å²) >= 11 is 1.72. The molecule has 1 unspecified atom stereocenters. The first kappa shape index (κ1) is 24.2. The molecule has 3 nitrogen and oxygen atoms in total.